The van der Waals surface area contributed by atoms with Crippen LogP contribution in [0.15, 0.2) is 36.5 Å². The highest BCUT2D eigenvalue weighted by Gasteiger charge is 2.40. The van der Waals surface area contributed by atoms with E-state index in [0.29, 0.717) is 0 Å². The number of para-hydroxylation sites is 1. The fourth-order valence-corrected chi connectivity index (χ4v) is 1.70. The smallest absolute Gasteiger partial charge is 0.421 e. The first-order chi connectivity index (χ1) is 10.1. The minimum absolute atomic E-state index is 0.00248. The Labute approximate surface area is 125 Å². The van der Waals surface area contributed by atoms with Gasteiger partial charge in [0, 0.05) is 6.20 Å². The summed E-state index contributed by atoms with van der Waals surface area (Å²) in [7, 11) is 0. The first kappa shape index (κ1) is 16.4. The van der Waals surface area contributed by atoms with Crippen molar-refractivity contribution >= 4 is 11.6 Å². The Kier molecular flexibility index (Phi) is 4.23. The van der Waals surface area contributed by atoms with Gasteiger partial charge in [-0.2, -0.15) is 26.3 Å². The van der Waals surface area contributed by atoms with Crippen LogP contribution in [0, 0.1) is 0 Å². The Hall–Kier alpha value is -1.96. The van der Waals surface area contributed by atoms with E-state index in [9.17, 15) is 26.3 Å². The van der Waals surface area contributed by atoms with Crippen LogP contribution in [0.5, 0.6) is 11.6 Å². The third kappa shape index (κ3) is 3.62. The average Bonchev–Trinajstić information content (AvgIpc) is 2.39. The van der Waals surface area contributed by atoms with Crippen LogP contribution in [0.25, 0.3) is 0 Å². The summed E-state index contributed by atoms with van der Waals surface area (Å²) in [5.41, 5.74) is -3.16. The number of hydrogen-bond donors (Lipinski definition) is 0. The van der Waals surface area contributed by atoms with Crippen molar-refractivity contribution in [3.05, 3.63) is 52.7 Å². The highest BCUT2D eigenvalue weighted by molar-refractivity contribution is 6.32. The summed E-state index contributed by atoms with van der Waals surface area (Å²) in [5.74, 6) is -1.16. The molecule has 0 N–H and O–H groups in total. The van der Waals surface area contributed by atoms with Crippen LogP contribution >= 0.6 is 11.6 Å². The van der Waals surface area contributed by atoms with Crippen LogP contribution in [0.4, 0.5) is 26.3 Å². The van der Waals surface area contributed by atoms with Crippen molar-refractivity contribution in [1.29, 1.82) is 0 Å². The molecule has 1 aromatic heterocycles. The number of nitrogens with zero attached hydrogens (tertiary/aromatic N) is 1. The molecule has 0 fully saturated rings. The molecular formula is C13H6ClF6NO. The third-order valence-corrected chi connectivity index (χ3v) is 2.84. The zero-order valence-electron chi connectivity index (χ0n) is 10.5. The number of benzene rings is 1. The van der Waals surface area contributed by atoms with Gasteiger partial charge in [-0.05, 0) is 18.2 Å². The van der Waals surface area contributed by atoms with E-state index in [1.165, 1.54) is 24.3 Å². The lowest BCUT2D eigenvalue weighted by atomic mass is 10.2. The number of alkyl halides is 6. The molecule has 1 aromatic carbocycles. The molecule has 118 valence electrons. The Balaban J connectivity index is 2.50. The van der Waals surface area contributed by atoms with Crippen molar-refractivity contribution in [3.8, 4) is 11.6 Å². The molecule has 0 aliphatic carbocycles. The van der Waals surface area contributed by atoms with Crippen molar-refractivity contribution in [1.82, 2.24) is 4.98 Å². The van der Waals surface area contributed by atoms with Crippen molar-refractivity contribution in [2.24, 2.45) is 0 Å². The van der Waals surface area contributed by atoms with E-state index in [4.69, 9.17) is 16.3 Å². The molecule has 22 heavy (non-hydrogen) atoms. The molecule has 0 atom stereocenters. The Bertz CT molecular complexity index is 683. The molecule has 1 heterocycles. The van der Waals surface area contributed by atoms with Crippen LogP contribution in [-0.4, -0.2) is 4.98 Å². The Morgan fingerprint density at radius 2 is 1.59 bits per heavy atom. The van der Waals surface area contributed by atoms with Gasteiger partial charge in [-0.25, -0.2) is 4.98 Å². The topological polar surface area (TPSA) is 22.1 Å². The molecule has 0 saturated carbocycles. The zero-order chi connectivity index (χ0) is 16.5. The standard InChI is InChI=1S/C13H6ClF6NO/c14-9-3-1-2-4-10(9)22-11-8(13(18,19)20)5-7(6-21-11)12(15,16)17/h1-6H. The number of pyridine rings is 1. The molecule has 0 spiro atoms. The van der Waals surface area contributed by atoms with Gasteiger partial charge < -0.3 is 4.74 Å². The second kappa shape index (κ2) is 5.68. The molecule has 9 heteroatoms. The molecular weight excluding hydrogens is 336 g/mol. The first-order valence-corrected chi connectivity index (χ1v) is 6.03. The van der Waals surface area contributed by atoms with Gasteiger partial charge in [0.2, 0.25) is 5.88 Å². The maximum atomic E-state index is 12.9. The van der Waals surface area contributed by atoms with E-state index in [-0.39, 0.29) is 23.0 Å². The monoisotopic (exact) mass is 341 g/mol. The summed E-state index contributed by atoms with van der Waals surface area (Å²) in [6.45, 7) is 0. The minimum Gasteiger partial charge on any atom is -0.437 e. The molecule has 0 aliphatic rings. The molecule has 2 nitrogen and oxygen atoms in total. The number of rotatable bonds is 2. The molecule has 0 aliphatic heterocycles. The lowest BCUT2D eigenvalue weighted by Crippen LogP contribution is -2.13. The molecule has 2 aromatic rings. The lowest BCUT2D eigenvalue weighted by Gasteiger charge is -2.15. The Morgan fingerprint density at radius 1 is 0.955 bits per heavy atom. The second-order valence-corrected chi connectivity index (χ2v) is 4.51. The van der Waals surface area contributed by atoms with Crippen LogP contribution < -0.4 is 4.74 Å². The van der Waals surface area contributed by atoms with Gasteiger partial charge in [0.1, 0.15) is 11.3 Å². The number of ether oxygens (including phenoxy) is 1. The van der Waals surface area contributed by atoms with E-state index in [0.717, 1.165) is 0 Å². The fourth-order valence-electron chi connectivity index (χ4n) is 1.52. The van der Waals surface area contributed by atoms with Crippen molar-refractivity contribution in [3.63, 3.8) is 0 Å². The summed E-state index contributed by atoms with van der Waals surface area (Å²) in [6, 6.07) is 5.52. The molecule has 0 amide bonds. The SMILES string of the molecule is FC(F)(F)c1cnc(Oc2ccccc2Cl)c(C(F)(F)F)c1. The normalized spacial score (nSPS) is 12.3. The predicted molar refractivity (Wildman–Crippen MR) is 65.8 cm³/mol. The van der Waals surface area contributed by atoms with Crippen molar-refractivity contribution in [2.45, 2.75) is 12.4 Å². The van der Waals surface area contributed by atoms with Crippen molar-refractivity contribution < 1.29 is 31.1 Å². The summed E-state index contributed by atoms with van der Waals surface area (Å²) >= 11 is 5.73. The Morgan fingerprint density at radius 3 is 2.14 bits per heavy atom. The molecule has 2 rings (SSSR count). The summed E-state index contributed by atoms with van der Waals surface area (Å²) in [4.78, 5) is 3.13. The van der Waals surface area contributed by atoms with Gasteiger partial charge in [-0.15, -0.1) is 0 Å². The van der Waals surface area contributed by atoms with E-state index >= 15 is 0 Å². The van der Waals surface area contributed by atoms with E-state index in [1.54, 1.807) is 0 Å². The number of hydrogen-bond acceptors (Lipinski definition) is 2. The molecule has 0 saturated heterocycles. The summed E-state index contributed by atoms with van der Waals surface area (Å²) < 4.78 is 81.1. The fraction of sp³-hybridized carbons (Fsp3) is 0.154. The van der Waals surface area contributed by atoms with E-state index < -0.39 is 29.4 Å². The van der Waals surface area contributed by atoms with E-state index in [2.05, 4.69) is 4.98 Å². The third-order valence-electron chi connectivity index (χ3n) is 2.53. The second-order valence-electron chi connectivity index (χ2n) is 4.10. The van der Waals surface area contributed by atoms with Gasteiger partial charge in [0.15, 0.2) is 0 Å². The largest absolute Gasteiger partial charge is 0.437 e. The molecule has 0 radical (unpaired) electrons. The van der Waals surface area contributed by atoms with Crippen LogP contribution in [0.1, 0.15) is 11.1 Å². The average molecular weight is 342 g/mol. The highest BCUT2D eigenvalue weighted by atomic mass is 35.5. The maximum absolute atomic E-state index is 12.9. The van der Waals surface area contributed by atoms with Gasteiger partial charge in [-0.3, -0.25) is 0 Å². The first-order valence-electron chi connectivity index (χ1n) is 5.66. The zero-order valence-corrected chi connectivity index (χ0v) is 11.2. The van der Waals surface area contributed by atoms with Crippen molar-refractivity contribution in [2.75, 3.05) is 0 Å². The van der Waals surface area contributed by atoms with Crippen LogP contribution in [-0.2, 0) is 12.4 Å². The summed E-state index contributed by atoms with van der Waals surface area (Å²) in [5, 5.41) is -0.00248. The lowest BCUT2D eigenvalue weighted by molar-refractivity contribution is -0.144. The predicted octanol–water partition coefficient (Wildman–Crippen LogP) is 5.56. The number of halogens is 7. The van der Waals surface area contributed by atoms with Gasteiger partial charge in [-0.1, -0.05) is 23.7 Å². The van der Waals surface area contributed by atoms with E-state index in [1.807, 2.05) is 0 Å². The number of aromatic nitrogens is 1. The minimum atomic E-state index is -5.06. The maximum Gasteiger partial charge on any atom is 0.421 e. The van der Waals surface area contributed by atoms with Crippen LogP contribution in [0.3, 0.4) is 0 Å². The quantitative estimate of drug-likeness (QED) is 0.667. The molecule has 0 unspecified atom stereocenters. The van der Waals surface area contributed by atoms with Gasteiger partial charge >= 0.3 is 12.4 Å². The van der Waals surface area contributed by atoms with Gasteiger partial charge in [0.25, 0.3) is 0 Å². The highest BCUT2D eigenvalue weighted by Crippen LogP contribution is 2.41. The van der Waals surface area contributed by atoms with Gasteiger partial charge in [0.05, 0.1) is 10.6 Å². The van der Waals surface area contributed by atoms with Crippen LogP contribution in [0.2, 0.25) is 5.02 Å². The molecule has 0 bridgehead atoms. The summed E-state index contributed by atoms with van der Waals surface area (Å²) in [6.07, 6.45) is -9.75.